The van der Waals surface area contributed by atoms with Crippen molar-refractivity contribution in [2.45, 2.75) is 25.8 Å². The summed E-state index contributed by atoms with van der Waals surface area (Å²) < 4.78 is 47.2. The minimum absolute atomic E-state index is 0.363. The van der Waals surface area contributed by atoms with Gasteiger partial charge in [-0.25, -0.2) is 0 Å². The highest BCUT2D eigenvalue weighted by molar-refractivity contribution is 5.80. The quantitative estimate of drug-likeness (QED) is 0.825. The number of benzene rings is 2. The predicted molar refractivity (Wildman–Crippen MR) is 86.4 cm³/mol. The Kier molecular flexibility index (Phi) is 6.27. The summed E-state index contributed by atoms with van der Waals surface area (Å²) in [6, 6.07) is 16.2. The van der Waals surface area contributed by atoms with E-state index in [9.17, 15) is 18.0 Å². The standard InChI is InChI=1S/C18H18F3NO3/c1-13(17(23)22-12-18(19,20)21)25-16-9-7-15(8-10-16)24-11-14-5-3-2-4-6-14/h2-10,13H,11-12H2,1H3,(H,22,23). The maximum atomic E-state index is 12.1. The molecular formula is C18H18F3NO3. The molecular weight excluding hydrogens is 335 g/mol. The van der Waals surface area contributed by atoms with Crippen LogP contribution in [0.5, 0.6) is 11.5 Å². The number of ether oxygens (including phenoxy) is 2. The third-order valence-electron chi connectivity index (χ3n) is 3.22. The molecule has 0 heterocycles. The van der Waals surface area contributed by atoms with Gasteiger partial charge in [-0.1, -0.05) is 30.3 Å². The Morgan fingerprint density at radius 3 is 2.24 bits per heavy atom. The number of nitrogens with one attached hydrogen (secondary N) is 1. The maximum absolute atomic E-state index is 12.1. The predicted octanol–water partition coefficient (Wildman–Crippen LogP) is 3.71. The lowest BCUT2D eigenvalue weighted by Crippen LogP contribution is -2.41. The Bertz CT molecular complexity index is 672. The summed E-state index contributed by atoms with van der Waals surface area (Å²) in [5, 5.41) is 1.78. The maximum Gasteiger partial charge on any atom is 0.405 e. The molecule has 2 rings (SSSR count). The summed E-state index contributed by atoms with van der Waals surface area (Å²) in [5.74, 6) is 0.147. The molecule has 1 amide bonds. The zero-order valence-corrected chi connectivity index (χ0v) is 13.5. The van der Waals surface area contributed by atoms with E-state index in [4.69, 9.17) is 9.47 Å². The molecule has 0 saturated carbocycles. The topological polar surface area (TPSA) is 47.6 Å². The van der Waals surface area contributed by atoms with E-state index in [2.05, 4.69) is 0 Å². The van der Waals surface area contributed by atoms with E-state index in [1.807, 2.05) is 30.3 Å². The molecule has 0 aromatic heterocycles. The molecule has 0 aliphatic carbocycles. The normalized spacial score (nSPS) is 12.3. The number of rotatable bonds is 7. The van der Waals surface area contributed by atoms with E-state index in [0.29, 0.717) is 18.1 Å². The minimum Gasteiger partial charge on any atom is -0.489 e. The van der Waals surface area contributed by atoms with Crippen LogP contribution in [-0.4, -0.2) is 24.7 Å². The second-order valence-corrected chi connectivity index (χ2v) is 5.34. The van der Waals surface area contributed by atoms with Crippen LogP contribution in [0.3, 0.4) is 0 Å². The minimum atomic E-state index is -4.45. The average Bonchev–Trinajstić information content (AvgIpc) is 2.59. The Balaban J connectivity index is 1.82. The fraction of sp³-hybridized carbons (Fsp3) is 0.278. The smallest absolute Gasteiger partial charge is 0.405 e. The third kappa shape index (κ3) is 6.74. The van der Waals surface area contributed by atoms with Crippen LogP contribution in [0.2, 0.25) is 0 Å². The lowest BCUT2D eigenvalue weighted by molar-refractivity contribution is -0.142. The van der Waals surface area contributed by atoms with Crippen LogP contribution in [-0.2, 0) is 11.4 Å². The first-order valence-corrected chi connectivity index (χ1v) is 7.61. The van der Waals surface area contributed by atoms with Crippen LogP contribution in [0.25, 0.3) is 0 Å². The molecule has 7 heteroatoms. The van der Waals surface area contributed by atoms with Crippen molar-refractivity contribution < 1.29 is 27.4 Å². The van der Waals surface area contributed by atoms with Crippen LogP contribution < -0.4 is 14.8 Å². The zero-order chi connectivity index (χ0) is 18.3. The highest BCUT2D eigenvalue weighted by atomic mass is 19.4. The van der Waals surface area contributed by atoms with Gasteiger partial charge in [0.1, 0.15) is 24.7 Å². The van der Waals surface area contributed by atoms with Gasteiger partial charge in [0.15, 0.2) is 6.10 Å². The Morgan fingerprint density at radius 1 is 1.04 bits per heavy atom. The highest BCUT2D eigenvalue weighted by Gasteiger charge is 2.29. The SMILES string of the molecule is CC(Oc1ccc(OCc2ccccc2)cc1)C(=O)NCC(F)(F)F. The van der Waals surface area contributed by atoms with Crippen molar-refractivity contribution in [3.8, 4) is 11.5 Å². The van der Waals surface area contributed by atoms with Crippen LogP contribution >= 0.6 is 0 Å². The molecule has 25 heavy (non-hydrogen) atoms. The number of hydrogen-bond acceptors (Lipinski definition) is 3. The molecule has 1 atom stereocenters. The van der Waals surface area contributed by atoms with Crippen molar-refractivity contribution in [3.63, 3.8) is 0 Å². The van der Waals surface area contributed by atoms with Crippen molar-refractivity contribution in [1.29, 1.82) is 0 Å². The average molecular weight is 353 g/mol. The molecule has 0 bridgehead atoms. The Hall–Kier alpha value is -2.70. The van der Waals surface area contributed by atoms with Crippen molar-refractivity contribution >= 4 is 5.91 Å². The Labute approximate surface area is 143 Å². The molecule has 2 aromatic carbocycles. The van der Waals surface area contributed by atoms with Gasteiger partial charge in [-0.15, -0.1) is 0 Å². The summed E-state index contributed by atoms with van der Waals surface area (Å²) in [4.78, 5) is 11.6. The summed E-state index contributed by atoms with van der Waals surface area (Å²) >= 11 is 0. The fourth-order valence-corrected chi connectivity index (χ4v) is 1.94. The molecule has 0 aliphatic heterocycles. The first kappa shape index (κ1) is 18.6. The second-order valence-electron chi connectivity index (χ2n) is 5.34. The summed E-state index contributed by atoms with van der Waals surface area (Å²) in [7, 11) is 0. The number of carbonyl (C=O) groups excluding carboxylic acids is 1. The first-order valence-electron chi connectivity index (χ1n) is 7.61. The van der Waals surface area contributed by atoms with Crippen LogP contribution in [0.1, 0.15) is 12.5 Å². The van der Waals surface area contributed by atoms with Crippen LogP contribution in [0, 0.1) is 0 Å². The van der Waals surface area contributed by atoms with E-state index in [-0.39, 0.29) is 0 Å². The molecule has 4 nitrogen and oxygen atoms in total. The van der Waals surface area contributed by atoms with Gasteiger partial charge in [0.2, 0.25) is 0 Å². The molecule has 0 radical (unpaired) electrons. The van der Waals surface area contributed by atoms with Crippen LogP contribution in [0.4, 0.5) is 13.2 Å². The summed E-state index contributed by atoms with van der Waals surface area (Å²) in [5.41, 5.74) is 1.03. The van der Waals surface area contributed by atoms with Gasteiger partial charge in [-0.3, -0.25) is 4.79 Å². The second kappa shape index (κ2) is 8.41. The van der Waals surface area contributed by atoms with Crippen molar-refractivity contribution in [2.75, 3.05) is 6.54 Å². The van der Waals surface area contributed by atoms with E-state index in [0.717, 1.165) is 5.56 Å². The number of hydrogen-bond donors (Lipinski definition) is 1. The van der Waals surface area contributed by atoms with Crippen molar-refractivity contribution in [1.82, 2.24) is 5.32 Å². The van der Waals surface area contributed by atoms with Gasteiger partial charge >= 0.3 is 6.18 Å². The lowest BCUT2D eigenvalue weighted by Gasteiger charge is -2.16. The van der Waals surface area contributed by atoms with Crippen LogP contribution in [0.15, 0.2) is 54.6 Å². The van der Waals surface area contributed by atoms with Gasteiger partial charge in [0, 0.05) is 0 Å². The lowest BCUT2D eigenvalue weighted by atomic mass is 10.2. The molecule has 0 aliphatic rings. The largest absolute Gasteiger partial charge is 0.489 e. The molecule has 0 saturated heterocycles. The third-order valence-corrected chi connectivity index (χ3v) is 3.22. The van der Waals surface area contributed by atoms with E-state index >= 15 is 0 Å². The highest BCUT2D eigenvalue weighted by Crippen LogP contribution is 2.20. The summed E-state index contributed by atoms with van der Waals surface area (Å²) in [6.07, 6.45) is -5.49. The molecule has 134 valence electrons. The first-order chi connectivity index (χ1) is 11.8. The van der Waals surface area contributed by atoms with Gasteiger partial charge in [0.05, 0.1) is 0 Å². The number of alkyl halides is 3. The van der Waals surface area contributed by atoms with Gasteiger partial charge in [-0.2, -0.15) is 13.2 Å². The fourth-order valence-electron chi connectivity index (χ4n) is 1.94. The molecule has 2 aromatic rings. The zero-order valence-electron chi connectivity index (χ0n) is 13.5. The monoisotopic (exact) mass is 353 g/mol. The molecule has 0 spiro atoms. The van der Waals surface area contributed by atoms with Gasteiger partial charge in [-0.05, 0) is 36.8 Å². The van der Waals surface area contributed by atoms with Gasteiger partial charge < -0.3 is 14.8 Å². The van der Waals surface area contributed by atoms with Crippen molar-refractivity contribution in [2.24, 2.45) is 0 Å². The molecule has 1 unspecified atom stereocenters. The summed E-state index contributed by atoms with van der Waals surface area (Å²) in [6.45, 7) is 0.411. The van der Waals surface area contributed by atoms with Gasteiger partial charge in [0.25, 0.3) is 5.91 Å². The number of halogens is 3. The molecule has 1 N–H and O–H groups in total. The Morgan fingerprint density at radius 2 is 1.64 bits per heavy atom. The van der Waals surface area contributed by atoms with E-state index in [1.54, 1.807) is 29.6 Å². The number of carbonyl (C=O) groups is 1. The molecule has 0 fully saturated rings. The number of amides is 1. The van der Waals surface area contributed by atoms with E-state index < -0.39 is 24.7 Å². The van der Waals surface area contributed by atoms with Crippen molar-refractivity contribution in [3.05, 3.63) is 60.2 Å². The van der Waals surface area contributed by atoms with E-state index in [1.165, 1.54) is 6.92 Å².